The summed E-state index contributed by atoms with van der Waals surface area (Å²) in [6, 6.07) is 8.07. The molecule has 0 radical (unpaired) electrons. The number of carbonyl (C=O) groups excluding carboxylic acids is 1. The van der Waals surface area contributed by atoms with Crippen LogP contribution in [-0.2, 0) is 9.53 Å². The Labute approximate surface area is 150 Å². The lowest BCUT2D eigenvalue weighted by Gasteiger charge is -2.38. The standard InChI is InChI=1S/C20H30N2O3/c1-24-15-9-3-8-14-22-16-19(20(23)21-12-6-2-7-13-21)25-18-11-5-4-10-17(18)22/h4-5,10-11,19H,2-3,6-9,12-16H2,1H3. The van der Waals surface area contributed by atoms with Gasteiger partial charge >= 0.3 is 0 Å². The van der Waals surface area contributed by atoms with E-state index in [-0.39, 0.29) is 12.0 Å². The zero-order chi connectivity index (χ0) is 17.5. The molecule has 0 saturated carbocycles. The van der Waals surface area contributed by atoms with Crippen molar-refractivity contribution in [3.05, 3.63) is 24.3 Å². The van der Waals surface area contributed by atoms with Crippen molar-refractivity contribution in [2.75, 3.05) is 44.8 Å². The quantitative estimate of drug-likeness (QED) is 0.712. The summed E-state index contributed by atoms with van der Waals surface area (Å²) in [6.07, 6.45) is 6.38. The van der Waals surface area contributed by atoms with Crippen LogP contribution in [0.1, 0.15) is 38.5 Å². The zero-order valence-corrected chi connectivity index (χ0v) is 15.3. The summed E-state index contributed by atoms with van der Waals surface area (Å²) in [5, 5.41) is 0. The smallest absolute Gasteiger partial charge is 0.265 e. The Morgan fingerprint density at radius 1 is 1.16 bits per heavy atom. The summed E-state index contributed by atoms with van der Waals surface area (Å²) in [5.41, 5.74) is 1.11. The maximum absolute atomic E-state index is 12.9. The van der Waals surface area contributed by atoms with E-state index in [1.807, 2.05) is 23.1 Å². The lowest BCUT2D eigenvalue weighted by Crippen LogP contribution is -2.51. The van der Waals surface area contributed by atoms with Gasteiger partial charge in [0.1, 0.15) is 5.75 Å². The van der Waals surface area contributed by atoms with E-state index in [0.29, 0.717) is 6.54 Å². The lowest BCUT2D eigenvalue weighted by molar-refractivity contribution is -0.139. The minimum atomic E-state index is -0.382. The molecule has 0 aliphatic carbocycles. The average molecular weight is 346 g/mol. The summed E-state index contributed by atoms with van der Waals surface area (Å²) in [7, 11) is 1.75. The largest absolute Gasteiger partial charge is 0.477 e. The third-order valence-corrected chi connectivity index (χ3v) is 5.08. The maximum Gasteiger partial charge on any atom is 0.265 e. The first-order chi connectivity index (χ1) is 12.3. The van der Waals surface area contributed by atoms with Gasteiger partial charge in [0.05, 0.1) is 12.2 Å². The number of likely N-dealkylation sites (tertiary alicyclic amines) is 1. The summed E-state index contributed by atoms with van der Waals surface area (Å²) >= 11 is 0. The number of nitrogens with zero attached hydrogens (tertiary/aromatic N) is 2. The fourth-order valence-electron chi connectivity index (χ4n) is 3.69. The van der Waals surface area contributed by atoms with Gasteiger partial charge in [-0.2, -0.15) is 0 Å². The first kappa shape index (κ1) is 18.1. The highest BCUT2D eigenvalue weighted by molar-refractivity contribution is 5.83. The van der Waals surface area contributed by atoms with E-state index in [4.69, 9.17) is 9.47 Å². The van der Waals surface area contributed by atoms with Crippen LogP contribution in [0, 0.1) is 0 Å². The Bertz CT molecular complexity index is 558. The van der Waals surface area contributed by atoms with Crippen molar-refractivity contribution in [3.63, 3.8) is 0 Å². The van der Waals surface area contributed by atoms with Gasteiger partial charge in [0.25, 0.3) is 5.91 Å². The number of piperidine rings is 1. The van der Waals surface area contributed by atoms with Crippen LogP contribution in [0.5, 0.6) is 5.75 Å². The van der Waals surface area contributed by atoms with Gasteiger partial charge in [-0.05, 0) is 50.7 Å². The Morgan fingerprint density at radius 3 is 2.76 bits per heavy atom. The van der Waals surface area contributed by atoms with Crippen LogP contribution in [0.3, 0.4) is 0 Å². The second-order valence-corrected chi connectivity index (χ2v) is 6.96. The molecule has 25 heavy (non-hydrogen) atoms. The number of anilines is 1. The Kier molecular flexibility index (Phi) is 6.56. The zero-order valence-electron chi connectivity index (χ0n) is 15.3. The monoisotopic (exact) mass is 346 g/mol. The predicted molar refractivity (Wildman–Crippen MR) is 99.2 cm³/mol. The van der Waals surface area contributed by atoms with E-state index in [9.17, 15) is 4.79 Å². The maximum atomic E-state index is 12.9. The van der Waals surface area contributed by atoms with Gasteiger partial charge in [-0.25, -0.2) is 0 Å². The molecule has 0 bridgehead atoms. The van der Waals surface area contributed by atoms with Crippen LogP contribution in [-0.4, -0.2) is 56.8 Å². The van der Waals surface area contributed by atoms with E-state index >= 15 is 0 Å². The number of benzene rings is 1. The topological polar surface area (TPSA) is 42.0 Å². The Hall–Kier alpha value is -1.75. The highest BCUT2D eigenvalue weighted by atomic mass is 16.5. The fourth-order valence-corrected chi connectivity index (χ4v) is 3.69. The normalized spacial score (nSPS) is 20.1. The van der Waals surface area contributed by atoms with E-state index in [1.165, 1.54) is 6.42 Å². The molecule has 3 rings (SSSR count). The van der Waals surface area contributed by atoms with Gasteiger partial charge < -0.3 is 19.3 Å². The SMILES string of the molecule is COCCCCCN1CC(C(=O)N2CCCCC2)Oc2ccccc21. The minimum absolute atomic E-state index is 0.151. The second kappa shape index (κ2) is 9.09. The molecular formula is C20H30N2O3. The van der Waals surface area contributed by atoms with E-state index in [1.54, 1.807) is 7.11 Å². The molecule has 0 aromatic heterocycles. The second-order valence-electron chi connectivity index (χ2n) is 6.96. The molecule has 0 spiro atoms. The molecule has 5 nitrogen and oxygen atoms in total. The Morgan fingerprint density at radius 2 is 1.96 bits per heavy atom. The molecule has 0 N–H and O–H groups in total. The third-order valence-electron chi connectivity index (χ3n) is 5.08. The Balaban J connectivity index is 1.64. The minimum Gasteiger partial charge on any atom is -0.477 e. The highest BCUT2D eigenvalue weighted by Gasteiger charge is 2.33. The highest BCUT2D eigenvalue weighted by Crippen LogP contribution is 2.33. The van der Waals surface area contributed by atoms with E-state index in [0.717, 1.165) is 69.8 Å². The van der Waals surface area contributed by atoms with Crippen LogP contribution in [0.4, 0.5) is 5.69 Å². The van der Waals surface area contributed by atoms with Gasteiger partial charge in [-0.1, -0.05) is 12.1 Å². The summed E-state index contributed by atoms with van der Waals surface area (Å²) < 4.78 is 11.2. The van der Waals surface area contributed by atoms with Crippen molar-refractivity contribution < 1.29 is 14.3 Å². The molecule has 5 heteroatoms. The summed E-state index contributed by atoms with van der Waals surface area (Å²) in [5.74, 6) is 0.986. The molecular weight excluding hydrogens is 316 g/mol. The molecule has 2 aliphatic rings. The molecule has 2 heterocycles. The molecule has 1 aromatic carbocycles. The van der Waals surface area contributed by atoms with Crippen molar-refractivity contribution in [1.82, 2.24) is 4.90 Å². The van der Waals surface area contributed by atoms with Crippen molar-refractivity contribution >= 4 is 11.6 Å². The van der Waals surface area contributed by atoms with Gasteiger partial charge in [0.2, 0.25) is 0 Å². The van der Waals surface area contributed by atoms with Crippen molar-refractivity contribution in [3.8, 4) is 5.75 Å². The number of amides is 1. The molecule has 1 saturated heterocycles. The number of fused-ring (bicyclic) bond motifs is 1. The van der Waals surface area contributed by atoms with Crippen molar-refractivity contribution in [2.24, 2.45) is 0 Å². The number of rotatable bonds is 7. The average Bonchev–Trinajstić information content (AvgIpc) is 2.67. The number of ether oxygens (including phenoxy) is 2. The van der Waals surface area contributed by atoms with E-state index in [2.05, 4.69) is 11.0 Å². The number of para-hydroxylation sites is 2. The molecule has 138 valence electrons. The van der Waals surface area contributed by atoms with Crippen LogP contribution >= 0.6 is 0 Å². The number of hydrogen-bond donors (Lipinski definition) is 0. The molecule has 1 unspecified atom stereocenters. The molecule has 1 amide bonds. The van der Waals surface area contributed by atoms with Gasteiger partial charge in [-0.3, -0.25) is 4.79 Å². The van der Waals surface area contributed by atoms with Crippen molar-refractivity contribution in [2.45, 2.75) is 44.6 Å². The van der Waals surface area contributed by atoms with Crippen LogP contribution < -0.4 is 9.64 Å². The molecule has 1 fully saturated rings. The van der Waals surface area contributed by atoms with Crippen LogP contribution in [0.25, 0.3) is 0 Å². The predicted octanol–water partition coefficient (Wildman–Crippen LogP) is 3.08. The first-order valence-electron chi connectivity index (χ1n) is 9.58. The van der Waals surface area contributed by atoms with Crippen molar-refractivity contribution in [1.29, 1.82) is 0 Å². The van der Waals surface area contributed by atoms with Gasteiger partial charge in [0, 0.05) is 33.4 Å². The summed E-state index contributed by atoms with van der Waals surface area (Å²) in [4.78, 5) is 17.2. The fraction of sp³-hybridized carbons (Fsp3) is 0.650. The third kappa shape index (κ3) is 4.66. The molecule has 1 atom stereocenters. The summed E-state index contributed by atoms with van der Waals surface area (Å²) in [6.45, 7) is 4.16. The van der Waals surface area contributed by atoms with Crippen LogP contribution in [0.2, 0.25) is 0 Å². The number of methoxy groups -OCH3 is 1. The number of hydrogen-bond acceptors (Lipinski definition) is 4. The number of unbranched alkanes of at least 4 members (excludes halogenated alkanes) is 2. The van der Waals surface area contributed by atoms with Crippen LogP contribution in [0.15, 0.2) is 24.3 Å². The molecule has 1 aromatic rings. The first-order valence-corrected chi connectivity index (χ1v) is 9.58. The van der Waals surface area contributed by atoms with Gasteiger partial charge in [-0.15, -0.1) is 0 Å². The lowest BCUT2D eigenvalue weighted by atomic mass is 10.1. The van der Waals surface area contributed by atoms with E-state index < -0.39 is 0 Å². The molecule has 2 aliphatic heterocycles. The van der Waals surface area contributed by atoms with Gasteiger partial charge in [0.15, 0.2) is 6.10 Å². The number of carbonyl (C=O) groups is 1.